The van der Waals surface area contributed by atoms with E-state index in [1.165, 1.54) is 11.3 Å². The van der Waals surface area contributed by atoms with Crippen LogP contribution in [0.1, 0.15) is 5.56 Å². The van der Waals surface area contributed by atoms with Gasteiger partial charge in [-0.15, -0.1) is 0 Å². The molecule has 0 aliphatic rings. The molecule has 0 bridgehead atoms. The topological polar surface area (TPSA) is 144 Å². The third kappa shape index (κ3) is 1.91. The number of thiophene rings is 1. The summed E-state index contributed by atoms with van der Waals surface area (Å²) in [4.78, 5) is -0.0188. The normalized spacial score (nSPS) is 10.4. The SMILES string of the molecule is Nc1c(N)c(NCc2ccsc2)[n+]([O-])[n+]([O-])c1N. The molecule has 0 saturated heterocycles. The molecule has 0 aromatic carbocycles. The molecule has 0 spiro atoms. The molecule has 0 fully saturated rings. The van der Waals surface area contributed by atoms with Crippen LogP contribution < -0.4 is 32.2 Å². The van der Waals surface area contributed by atoms with Gasteiger partial charge in [0.05, 0.1) is 0 Å². The van der Waals surface area contributed by atoms with E-state index < -0.39 is 5.82 Å². The van der Waals surface area contributed by atoms with Crippen molar-refractivity contribution in [3.8, 4) is 0 Å². The summed E-state index contributed by atoms with van der Waals surface area (Å²) < 4.78 is 0. The summed E-state index contributed by atoms with van der Waals surface area (Å²) in [6.07, 6.45) is 0. The Morgan fingerprint density at radius 3 is 2.50 bits per heavy atom. The molecule has 2 aromatic heterocycles. The average Bonchev–Trinajstić information content (AvgIpc) is 2.87. The van der Waals surface area contributed by atoms with Gasteiger partial charge >= 0.3 is 11.6 Å². The van der Waals surface area contributed by atoms with Gasteiger partial charge < -0.3 is 21.9 Å². The van der Waals surface area contributed by atoms with Crippen molar-refractivity contribution in [3.05, 3.63) is 32.8 Å². The zero-order valence-corrected chi connectivity index (χ0v) is 10.1. The standard InChI is InChI=1S/C9H12N6O2S/c10-6-7(11)9(15(17)14(16)8(6)12)13-3-5-1-2-18-4-5/h1-2,4,13H,3,10-12H2. The van der Waals surface area contributed by atoms with Crippen LogP contribution in [0.25, 0.3) is 0 Å². The molecule has 2 rings (SSSR count). The highest BCUT2D eigenvalue weighted by molar-refractivity contribution is 7.07. The monoisotopic (exact) mass is 268 g/mol. The van der Waals surface area contributed by atoms with E-state index in [9.17, 15) is 10.4 Å². The van der Waals surface area contributed by atoms with Crippen molar-refractivity contribution in [3.63, 3.8) is 0 Å². The number of anilines is 4. The molecule has 7 N–H and O–H groups in total. The van der Waals surface area contributed by atoms with Crippen molar-refractivity contribution in [2.24, 2.45) is 0 Å². The van der Waals surface area contributed by atoms with Crippen LogP contribution in [0.5, 0.6) is 0 Å². The minimum atomic E-state index is -0.413. The van der Waals surface area contributed by atoms with E-state index in [2.05, 4.69) is 5.32 Å². The Morgan fingerprint density at radius 1 is 1.17 bits per heavy atom. The molecular weight excluding hydrogens is 256 g/mol. The molecule has 9 heteroatoms. The van der Waals surface area contributed by atoms with E-state index in [0.717, 1.165) is 5.56 Å². The van der Waals surface area contributed by atoms with E-state index in [1.54, 1.807) is 0 Å². The van der Waals surface area contributed by atoms with Crippen molar-refractivity contribution in [2.75, 3.05) is 22.5 Å². The van der Waals surface area contributed by atoms with Crippen molar-refractivity contribution >= 4 is 34.3 Å². The molecule has 0 radical (unpaired) electrons. The van der Waals surface area contributed by atoms with Crippen molar-refractivity contribution < 1.29 is 9.69 Å². The smallest absolute Gasteiger partial charge is 0.341 e. The van der Waals surface area contributed by atoms with Crippen LogP contribution in [0.2, 0.25) is 0 Å². The minimum absolute atomic E-state index is 0.0351. The van der Waals surface area contributed by atoms with Gasteiger partial charge in [-0.2, -0.15) is 11.3 Å². The first kappa shape index (κ1) is 12.0. The fraction of sp³-hybridized carbons (Fsp3) is 0.111. The zero-order chi connectivity index (χ0) is 13.3. The van der Waals surface area contributed by atoms with E-state index in [1.807, 2.05) is 16.8 Å². The largest absolute Gasteiger partial charge is 0.675 e. The number of aromatic nitrogens is 2. The molecule has 8 nitrogen and oxygen atoms in total. The third-order valence-electron chi connectivity index (χ3n) is 2.42. The molecule has 0 amide bonds. The summed E-state index contributed by atoms with van der Waals surface area (Å²) in [5.41, 5.74) is 17.4. The number of nitrogens with two attached hydrogens (primary N) is 3. The van der Waals surface area contributed by atoms with Crippen molar-refractivity contribution in [1.82, 2.24) is 0 Å². The van der Waals surface area contributed by atoms with Crippen LogP contribution in [-0.2, 0) is 6.54 Å². The quantitative estimate of drug-likeness (QED) is 0.431. The Morgan fingerprint density at radius 2 is 1.89 bits per heavy atom. The maximum absolute atomic E-state index is 11.6. The predicted octanol–water partition coefficient (Wildman–Crippen LogP) is -0.626. The highest BCUT2D eigenvalue weighted by Gasteiger charge is 2.22. The van der Waals surface area contributed by atoms with Gasteiger partial charge in [0.15, 0.2) is 11.4 Å². The van der Waals surface area contributed by atoms with Crippen LogP contribution in [-0.4, -0.2) is 0 Å². The van der Waals surface area contributed by atoms with Crippen molar-refractivity contribution in [1.29, 1.82) is 0 Å². The summed E-state index contributed by atoms with van der Waals surface area (Å²) in [7, 11) is 0. The Kier molecular flexibility index (Phi) is 2.98. The van der Waals surface area contributed by atoms with Gasteiger partial charge in [0, 0.05) is 5.56 Å². The molecule has 96 valence electrons. The van der Waals surface area contributed by atoms with E-state index in [-0.39, 0.29) is 26.9 Å². The van der Waals surface area contributed by atoms with Crippen LogP contribution in [0.15, 0.2) is 16.8 Å². The van der Waals surface area contributed by atoms with Gasteiger partial charge in [0.25, 0.3) is 0 Å². The predicted molar refractivity (Wildman–Crippen MR) is 69.2 cm³/mol. The van der Waals surface area contributed by atoms with E-state index >= 15 is 0 Å². The van der Waals surface area contributed by atoms with Gasteiger partial charge in [0.2, 0.25) is 0 Å². The molecule has 0 saturated carbocycles. The van der Waals surface area contributed by atoms with E-state index in [0.29, 0.717) is 6.54 Å². The molecule has 2 heterocycles. The maximum Gasteiger partial charge on any atom is 0.341 e. The molecule has 0 unspecified atom stereocenters. The molecule has 0 atom stereocenters. The molecule has 18 heavy (non-hydrogen) atoms. The molecule has 0 aliphatic heterocycles. The lowest BCUT2D eigenvalue weighted by molar-refractivity contribution is -1.17. The number of hydrogen-bond donors (Lipinski definition) is 4. The number of nitrogens with zero attached hydrogens (tertiary/aromatic N) is 2. The number of nitrogen functional groups attached to an aromatic ring is 3. The molecule has 0 aliphatic carbocycles. The van der Waals surface area contributed by atoms with Crippen LogP contribution in [0.3, 0.4) is 0 Å². The average molecular weight is 268 g/mol. The van der Waals surface area contributed by atoms with Crippen LogP contribution in [0, 0.1) is 10.4 Å². The first-order chi connectivity index (χ1) is 8.52. The van der Waals surface area contributed by atoms with Gasteiger partial charge in [0.1, 0.15) is 6.54 Å². The van der Waals surface area contributed by atoms with Gasteiger partial charge in [-0.25, -0.2) is 0 Å². The second-order valence-corrected chi connectivity index (χ2v) is 4.37. The highest BCUT2D eigenvalue weighted by Crippen LogP contribution is 2.24. The number of hydrogen-bond acceptors (Lipinski definition) is 7. The lowest BCUT2D eigenvalue weighted by atomic mass is 10.3. The lowest BCUT2D eigenvalue weighted by Crippen LogP contribution is -2.63. The van der Waals surface area contributed by atoms with Crippen LogP contribution in [0.4, 0.5) is 23.0 Å². The van der Waals surface area contributed by atoms with E-state index in [4.69, 9.17) is 17.2 Å². The number of rotatable bonds is 3. The van der Waals surface area contributed by atoms with Crippen molar-refractivity contribution in [2.45, 2.75) is 6.54 Å². The number of nitrogens with one attached hydrogen (secondary N) is 1. The Hall–Kier alpha value is -2.42. The second-order valence-electron chi connectivity index (χ2n) is 3.59. The summed E-state index contributed by atoms with van der Waals surface area (Å²) in [5.74, 6) is -0.522. The summed E-state index contributed by atoms with van der Waals surface area (Å²) in [6, 6.07) is 1.88. The fourth-order valence-corrected chi connectivity index (χ4v) is 2.07. The van der Waals surface area contributed by atoms with Gasteiger partial charge in [-0.1, -0.05) is 9.69 Å². The van der Waals surface area contributed by atoms with Crippen LogP contribution >= 0.6 is 11.3 Å². The summed E-state index contributed by atoms with van der Waals surface area (Å²) in [5, 5.41) is 29.6. The minimum Gasteiger partial charge on any atom is -0.675 e. The maximum atomic E-state index is 11.6. The first-order valence-corrected chi connectivity index (χ1v) is 5.91. The fourth-order valence-electron chi connectivity index (χ4n) is 1.40. The first-order valence-electron chi connectivity index (χ1n) is 4.97. The Bertz CT molecular complexity index is 542. The van der Waals surface area contributed by atoms with Gasteiger partial charge in [-0.05, 0) is 16.8 Å². The Labute approximate surface area is 106 Å². The van der Waals surface area contributed by atoms with Gasteiger partial charge in [-0.3, -0.25) is 11.1 Å². The second kappa shape index (κ2) is 4.45. The highest BCUT2D eigenvalue weighted by atomic mass is 32.1. The Balaban J connectivity index is 2.33. The lowest BCUT2D eigenvalue weighted by Gasteiger charge is -2.16. The third-order valence-corrected chi connectivity index (χ3v) is 3.16. The summed E-state index contributed by atoms with van der Waals surface area (Å²) in [6.45, 7) is 0.360. The molecule has 2 aromatic rings. The molecular formula is C9H12N6O2S. The zero-order valence-electron chi connectivity index (χ0n) is 9.29. The summed E-state index contributed by atoms with van der Waals surface area (Å²) >= 11 is 1.52.